The lowest BCUT2D eigenvalue weighted by molar-refractivity contribution is -0.166. The molecule has 0 aliphatic rings. The monoisotopic (exact) mass is 370 g/mol. The Morgan fingerprint density at radius 1 is 0.808 bits per heavy atom. The molecule has 6 heteroatoms. The number of unbranched alkanes of at least 4 members (excludes halogenated alkanes) is 4. The standard InChI is InChI=1S/C20H34O6/c1-5-9-10-11-12-13-14(6-2)20(18(23)24,19(25)26)16(8-4)15(7-3)17(21)22/h14H,5-13H2,1-4H3,(H,21,22)(H,23,24)(H,25,26). The van der Waals surface area contributed by atoms with Crippen molar-refractivity contribution in [1.82, 2.24) is 0 Å². The van der Waals surface area contributed by atoms with Crippen LogP contribution in [0.1, 0.15) is 85.5 Å². The van der Waals surface area contributed by atoms with Gasteiger partial charge in [0.15, 0.2) is 5.41 Å². The molecule has 0 aliphatic carbocycles. The molecule has 3 N–H and O–H groups in total. The molecule has 150 valence electrons. The number of hydrogen-bond acceptors (Lipinski definition) is 3. The first-order valence-electron chi connectivity index (χ1n) is 9.67. The SMILES string of the molecule is CCCCCCCC(CC)C(C(=O)O)(C(=O)O)C(CC)=C(CC)C(=O)O. The average molecular weight is 370 g/mol. The van der Waals surface area contributed by atoms with Crippen molar-refractivity contribution in [3.63, 3.8) is 0 Å². The molecule has 0 aliphatic heterocycles. The Bertz CT molecular complexity index is 506. The van der Waals surface area contributed by atoms with Gasteiger partial charge in [0.1, 0.15) is 0 Å². The van der Waals surface area contributed by atoms with Gasteiger partial charge in [-0.3, -0.25) is 9.59 Å². The van der Waals surface area contributed by atoms with Crippen LogP contribution in [0.4, 0.5) is 0 Å². The van der Waals surface area contributed by atoms with Gasteiger partial charge in [-0.2, -0.15) is 0 Å². The minimum Gasteiger partial charge on any atom is -0.480 e. The molecule has 6 nitrogen and oxygen atoms in total. The van der Waals surface area contributed by atoms with E-state index in [1.165, 1.54) is 0 Å². The smallest absolute Gasteiger partial charge is 0.331 e. The summed E-state index contributed by atoms with van der Waals surface area (Å²) in [5.74, 6) is -4.81. The second kappa shape index (κ2) is 11.7. The fourth-order valence-electron chi connectivity index (χ4n) is 3.89. The summed E-state index contributed by atoms with van der Waals surface area (Å²) >= 11 is 0. The minimum absolute atomic E-state index is 0.0212. The van der Waals surface area contributed by atoms with E-state index < -0.39 is 29.2 Å². The summed E-state index contributed by atoms with van der Waals surface area (Å²) in [5.41, 5.74) is -2.26. The van der Waals surface area contributed by atoms with Crippen LogP contribution in [0.2, 0.25) is 0 Å². The summed E-state index contributed by atoms with van der Waals surface area (Å²) in [6, 6.07) is 0. The summed E-state index contributed by atoms with van der Waals surface area (Å²) < 4.78 is 0. The van der Waals surface area contributed by atoms with E-state index in [-0.39, 0.29) is 24.0 Å². The summed E-state index contributed by atoms with van der Waals surface area (Å²) in [4.78, 5) is 36.1. The molecule has 0 heterocycles. The van der Waals surface area contributed by atoms with Crippen molar-refractivity contribution in [2.24, 2.45) is 11.3 Å². The Kier molecular flexibility index (Phi) is 10.9. The van der Waals surface area contributed by atoms with Crippen LogP contribution in [-0.4, -0.2) is 33.2 Å². The van der Waals surface area contributed by atoms with Gasteiger partial charge in [-0.1, -0.05) is 66.2 Å². The van der Waals surface area contributed by atoms with Crippen molar-refractivity contribution in [1.29, 1.82) is 0 Å². The van der Waals surface area contributed by atoms with Crippen molar-refractivity contribution in [3.8, 4) is 0 Å². The van der Waals surface area contributed by atoms with E-state index in [0.29, 0.717) is 12.8 Å². The zero-order chi connectivity index (χ0) is 20.3. The van der Waals surface area contributed by atoms with Crippen molar-refractivity contribution >= 4 is 17.9 Å². The number of rotatable bonds is 14. The maximum atomic E-state index is 12.2. The molecule has 0 fully saturated rings. The quantitative estimate of drug-likeness (QED) is 0.231. The average Bonchev–Trinajstić information content (AvgIpc) is 2.58. The van der Waals surface area contributed by atoms with Crippen LogP contribution in [0.15, 0.2) is 11.1 Å². The highest BCUT2D eigenvalue weighted by Crippen LogP contribution is 2.45. The van der Waals surface area contributed by atoms with Crippen molar-refractivity contribution < 1.29 is 29.7 Å². The third kappa shape index (κ3) is 5.32. The molecule has 0 rings (SSSR count). The topological polar surface area (TPSA) is 112 Å². The predicted molar refractivity (Wildman–Crippen MR) is 100 cm³/mol. The van der Waals surface area contributed by atoms with Crippen LogP contribution >= 0.6 is 0 Å². The summed E-state index contributed by atoms with van der Waals surface area (Å²) in [5, 5.41) is 29.4. The Morgan fingerprint density at radius 2 is 1.35 bits per heavy atom. The first-order valence-corrected chi connectivity index (χ1v) is 9.67. The molecule has 0 saturated heterocycles. The zero-order valence-corrected chi connectivity index (χ0v) is 16.5. The first-order chi connectivity index (χ1) is 12.2. The van der Waals surface area contributed by atoms with Crippen LogP contribution in [0.25, 0.3) is 0 Å². The number of hydrogen-bond donors (Lipinski definition) is 3. The largest absolute Gasteiger partial charge is 0.480 e. The van der Waals surface area contributed by atoms with Crippen molar-refractivity contribution in [3.05, 3.63) is 11.1 Å². The fraction of sp³-hybridized carbons (Fsp3) is 0.750. The molecule has 0 bridgehead atoms. The van der Waals surface area contributed by atoms with Gasteiger partial charge in [0.05, 0.1) is 0 Å². The third-order valence-corrected chi connectivity index (χ3v) is 5.24. The molecule has 0 aromatic rings. The van der Waals surface area contributed by atoms with Gasteiger partial charge in [0.25, 0.3) is 0 Å². The molecule has 0 amide bonds. The molecule has 0 aromatic heterocycles. The molecule has 0 aromatic carbocycles. The number of carbonyl (C=O) groups is 3. The maximum Gasteiger partial charge on any atom is 0.331 e. The fourth-order valence-corrected chi connectivity index (χ4v) is 3.89. The van der Waals surface area contributed by atoms with Crippen molar-refractivity contribution in [2.75, 3.05) is 0 Å². The number of carboxylic acids is 3. The third-order valence-electron chi connectivity index (χ3n) is 5.24. The lowest BCUT2D eigenvalue weighted by atomic mass is 9.64. The number of aliphatic carboxylic acids is 3. The summed E-state index contributed by atoms with van der Waals surface area (Å²) in [6.07, 6.45) is 5.88. The highest BCUT2D eigenvalue weighted by molar-refractivity contribution is 6.04. The lowest BCUT2D eigenvalue weighted by Crippen LogP contribution is -2.48. The van der Waals surface area contributed by atoms with Crippen LogP contribution in [0.5, 0.6) is 0 Å². The van der Waals surface area contributed by atoms with E-state index in [2.05, 4.69) is 6.92 Å². The van der Waals surface area contributed by atoms with E-state index in [1.54, 1.807) is 20.8 Å². The van der Waals surface area contributed by atoms with Gasteiger partial charge in [0, 0.05) is 5.57 Å². The highest BCUT2D eigenvalue weighted by Gasteiger charge is 2.55. The van der Waals surface area contributed by atoms with Crippen LogP contribution in [-0.2, 0) is 14.4 Å². The number of carboxylic acid groups (broad SMARTS) is 3. The van der Waals surface area contributed by atoms with Gasteiger partial charge >= 0.3 is 17.9 Å². The second-order valence-electron chi connectivity index (χ2n) is 6.70. The molecular weight excluding hydrogens is 336 g/mol. The molecular formula is C20H34O6. The maximum absolute atomic E-state index is 12.2. The second-order valence-corrected chi connectivity index (χ2v) is 6.70. The molecule has 0 saturated carbocycles. The lowest BCUT2D eigenvalue weighted by Gasteiger charge is -2.36. The normalized spacial score (nSPS) is 13.8. The van der Waals surface area contributed by atoms with Gasteiger partial charge in [-0.05, 0) is 30.8 Å². The molecule has 1 atom stereocenters. The van der Waals surface area contributed by atoms with Crippen LogP contribution in [0.3, 0.4) is 0 Å². The van der Waals surface area contributed by atoms with Crippen LogP contribution in [0, 0.1) is 11.3 Å². The highest BCUT2D eigenvalue weighted by atomic mass is 16.4. The van der Waals surface area contributed by atoms with E-state index >= 15 is 0 Å². The zero-order valence-electron chi connectivity index (χ0n) is 16.5. The molecule has 26 heavy (non-hydrogen) atoms. The Morgan fingerprint density at radius 3 is 1.69 bits per heavy atom. The van der Waals surface area contributed by atoms with Crippen molar-refractivity contribution in [2.45, 2.75) is 85.5 Å². The van der Waals surface area contributed by atoms with Gasteiger partial charge < -0.3 is 15.3 Å². The van der Waals surface area contributed by atoms with Gasteiger partial charge in [0.2, 0.25) is 0 Å². The van der Waals surface area contributed by atoms with Gasteiger partial charge in [-0.25, -0.2) is 4.79 Å². The van der Waals surface area contributed by atoms with E-state index in [4.69, 9.17) is 0 Å². The van der Waals surface area contributed by atoms with E-state index in [0.717, 1.165) is 32.1 Å². The Labute approximate surface area is 156 Å². The molecule has 0 spiro atoms. The van der Waals surface area contributed by atoms with Crippen LogP contribution < -0.4 is 0 Å². The van der Waals surface area contributed by atoms with E-state index in [1.807, 2.05) is 0 Å². The molecule has 1 unspecified atom stereocenters. The predicted octanol–water partition coefficient (Wildman–Crippen LogP) is 4.73. The van der Waals surface area contributed by atoms with Gasteiger partial charge in [-0.15, -0.1) is 0 Å². The summed E-state index contributed by atoms with van der Waals surface area (Å²) in [6.45, 7) is 7.12. The Hall–Kier alpha value is -1.85. The summed E-state index contributed by atoms with van der Waals surface area (Å²) in [7, 11) is 0. The first kappa shape index (κ1) is 24.1. The van der Waals surface area contributed by atoms with E-state index in [9.17, 15) is 29.7 Å². The Balaban J connectivity index is 6.12. The molecule has 0 radical (unpaired) electrons. The minimum atomic E-state index is -2.18.